The summed E-state index contributed by atoms with van der Waals surface area (Å²) < 4.78 is 10.5. The first-order valence-corrected chi connectivity index (χ1v) is 6.16. The van der Waals surface area contributed by atoms with Gasteiger partial charge in [-0.15, -0.1) is 0 Å². The molecular formula is C14H17N3O3. The molecule has 0 aliphatic rings. The highest BCUT2D eigenvalue weighted by molar-refractivity contribution is 5.90. The van der Waals surface area contributed by atoms with E-state index >= 15 is 0 Å². The minimum Gasteiger partial charge on any atom is -0.444 e. The molecule has 1 amide bonds. The third kappa shape index (κ3) is 3.50. The molecule has 0 saturated carbocycles. The molecule has 0 atom stereocenters. The smallest absolute Gasteiger partial charge is 0.412 e. The Morgan fingerprint density at radius 1 is 1.35 bits per heavy atom. The Hall–Kier alpha value is -2.50. The van der Waals surface area contributed by atoms with Crippen molar-refractivity contribution >= 4 is 17.8 Å². The maximum Gasteiger partial charge on any atom is 0.412 e. The highest BCUT2D eigenvalue weighted by Crippen LogP contribution is 2.29. The summed E-state index contributed by atoms with van der Waals surface area (Å²) in [6.45, 7) is 5.40. The van der Waals surface area contributed by atoms with Crippen molar-refractivity contribution in [3.05, 3.63) is 30.5 Å². The number of amides is 1. The fourth-order valence-electron chi connectivity index (χ4n) is 1.63. The number of ether oxygens (including phenoxy) is 1. The number of nitrogens with one attached hydrogen (secondary N) is 1. The number of hydrogen-bond donors (Lipinski definition) is 2. The van der Waals surface area contributed by atoms with Crippen LogP contribution in [0.3, 0.4) is 0 Å². The summed E-state index contributed by atoms with van der Waals surface area (Å²) in [5.74, 6) is 0.481. The van der Waals surface area contributed by atoms with Gasteiger partial charge in [-0.25, -0.2) is 9.78 Å². The van der Waals surface area contributed by atoms with E-state index in [9.17, 15) is 4.79 Å². The molecule has 1 heterocycles. The van der Waals surface area contributed by atoms with Crippen molar-refractivity contribution in [3.8, 4) is 11.3 Å². The molecule has 2 rings (SSSR count). The molecule has 6 heteroatoms. The van der Waals surface area contributed by atoms with Crippen LogP contribution in [0.2, 0.25) is 0 Å². The lowest BCUT2D eigenvalue weighted by Crippen LogP contribution is -2.27. The zero-order valence-electron chi connectivity index (χ0n) is 11.6. The van der Waals surface area contributed by atoms with Crippen LogP contribution in [0.25, 0.3) is 11.3 Å². The van der Waals surface area contributed by atoms with Gasteiger partial charge >= 0.3 is 6.09 Å². The number of oxazole rings is 1. The number of anilines is 2. The molecular weight excluding hydrogens is 258 g/mol. The van der Waals surface area contributed by atoms with Crippen LogP contribution in [0.1, 0.15) is 20.8 Å². The standard InChI is InChI=1S/C14H17N3O3/c1-14(2,3)20-13(18)17-10-7-5-4-6-9(10)11-8-16-12(15)19-11/h4-8H,1-3H3,(H2,15,16)(H,17,18). The quantitative estimate of drug-likeness (QED) is 0.877. The fourth-order valence-corrected chi connectivity index (χ4v) is 1.63. The number of hydrogen-bond acceptors (Lipinski definition) is 5. The van der Waals surface area contributed by atoms with E-state index in [1.807, 2.05) is 6.07 Å². The van der Waals surface area contributed by atoms with Crippen LogP contribution >= 0.6 is 0 Å². The van der Waals surface area contributed by atoms with E-state index in [1.54, 1.807) is 39.0 Å². The molecule has 0 bridgehead atoms. The molecule has 2 aromatic rings. The Kier molecular flexibility index (Phi) is 3.65. The molecule has 0 aliphatic heterocycles. The van der Waals surface area contributed by atoms with Crippen LogP contribution in [-0.4, -0.2) is 16.7 Å². The van der Waals surface area contributed by atoms with Crippen LogP contribution in [0.5, 0.6) is 0 Å². The molecule has 1 aromatic heterocycles. The number of nitrogen functional groups attached to an aromatic ring is 1. The maximum atomic E-state index is 11.8. The van der Waals surface area contributed by atoms with Crippen molar-refractivity contribution in [1.29, 1.82) is 0 Å². The van der Waals surface area contributed by atoms with Gasteiger partial charge in [0.25, 0.3) is 6.01 Å². The minimum atomic E-state index is -0.560. The molecule has 3 N–H and O–H groups in total. The zero-order valence-corrected chi connectivity index (χ0v) is 11.6. The first kappa shape index (κ1) is 13.9. The van der Waals surface area contributed by atoms with Crippen molar-refractivity contribution in [2.45, 2.75) is 26.4 Å². The lowest BCUT2D eigenvalue weighted by atomic mass is 10.1. The first-order valence-electron chi connectivity index (χ1n) is 6.16. The van der Waals surface area contributed by atoms with Crippen LogP contribution in [0, 0.1) is 0 Å². The van der Waals surface area contributed by atoms with E-state index in [-0.39, 0.29) is 6.01 Å². The van der Waals surface area contributed by atoms with Crippen molar-refractivity contribution in [2.24, 2.45) is 0 Å². The predicted octanol–water partition coefficient (Wildman–Crippen LogP) is 3.27. The number of carbonyl (C=O) groups excluding carboxylic acids is 1. The van der Waals surface area contributed by atoms with Gasteiger partial charge in [0.1, 0.15) is 5.60 Å². The second kappa shape index (κ2) is 5.24. The van der Waals surface area contributed by atoms with Gasteiger partial charge in [0.2, 0.25) is 0 Å². The van der Waals surface area contributed by atoms with Crippen molar-refractivity contribution in [2.75, 3.05) is 11.1 Å². The third-order valence-electron chi connectivity index (χ3n) is 2.35. The van der Waals surface area contributed by atoms with Gasteiger partial charge in [-0.1, -0.05) is 12.1 Å². The molecule has 0 radical (unpaired) electrons. The molecule has 106 valence electrons. The largest absolute Gasteiger partial charge is 0.444 e. The van der Waals surface area contributed by atoms with Gasteiger partial charge in [0, 0.05) is 5.56 Å². The maximum absolute atomic E-state index is 11.8. The molecule has 0 saturated heterocycles. The number of benzene rings is 1. The van der Waals surface area contributed by atoms with Crippen molar-refractivity contribution < 1.29 is 13.9 Å². The summed E-state index contributed by atoms with van der Waals surface area (Å²) in [5.41, 5.74) is 6.15. The van der Waals surface area contributed by atoms with Gasteiger partial charge in [0.05, 0.1) is 11.9 Å². The number of nitrogens with two attached hydrogens (primary N) is 1. The number of aromatic nitrogens is 1. The zero-order chi connectivity index (χ0) is 14.8. The van der Waals surface area contributed by atoms with Crippen molar-refractivity contribution in [1.82, 2.24) is 4.98 Å². The van der Waals surface area contributed by atoms with Crippen molar-refractivity contribution in [3.63, 3.8) is 0 Å². The summed E-state index contributed by atoms with van der Waals surface area (Å²) in [5, 5.41) is 2.69. The normalized spacial score (nSPS) is 11.2. The van der Waals surface area contributed by atoms with E-state index in [0.29, 0.717) is 17.0 Å². The number of rotatable bonds is 2. The Morgan fingerprint density at radius 2 is 2.05 bits per heavy atom. The molecule has 1 aromatic carbocycles. The average molecular weight is 275 g/mol. The Bertz CT molecular complexity index is 614. The second-order valence-corrected chi connectivity index (χ2v) is 5.24. The molecule has 0 spiro atoms. The second-order valence-electron chi connectivity index (χ2n) is 5.24. The summed E-state index contributed by atoms with van der Waals surface area (Å²) in [6.07, 6.45) is 0.975. The SMILES string of the molecule is CC(C)(C)OC(=O)Nc1ccccc1-c1cnc(N)o1. The van der Waals surface area contributed by atoms with E-state index in [4.69, 9.17) is 14.9 Å². The summed E-state index contributed by atoms with van der Waals surface area (Å²) in [4.78, 5) is 15.7. The Balaban J connectivity index is 2.23. The van der Waals surface area contributed by atoms with Gasteiger partial charge < -0.3 is 14.9 Å². The van der Waals surface area contributed by atoms with E-state index in [0.717, 1.165) is 0 Å². The number of nitrogens with zero attached hydrogens (tertiary/aromatic N) is 1. The number of para-hydroxylation sites is 1. The minimum absolute atomic E-state index is 0.0760. The van der Waals surface area contributed by atoms with Crippen LogP contribution < -0.4 is 11.1 Å². The molecule has 0 fully saturated rings. The average Bonchev–Trinajstić information content (AvgIpc) is 2.74. The van der Waals surface area contributed by atoms with Crippen LogP contribution in [-0.2, 0) is 4.74 Å². The predicted molar refractivity (Wildman–Crippen MR) is 76.2 cm³/mol. The van der Waals surface area contributed by atoms with E-state index in [2.05, 4.69) is 10.3 Å². The van der Waals surface area contributed by atoms with E-state index < -0.39 is 11.7 Å². The van der Waals surface area contributed by atoms with Gasteiger partial charge in [-0.2, -0.15) is 0 Å². The summed E-state index contributed by atoms with van der Waals surface area (Å²) in [6, 6.07) is 7.25. The molecule has 20 heavy (non-hydrogen) atoms. The van der Waals surface area contributed by atoms with Gasteiger partial charge in [-0.05, 0) is 32.9 Å². The van der Waals surface area contributed by atoms with Crippen LogP contribution in [0.15, 0.2) is 34.9 Å². The number of carbonyl (C=O) groups is 1. The molecule has 6 nitrogen and oxygen atoms in total. The van der Waals surface area contributed by atoms with Gasteiger partial charge in [-0.3, -0.25) is 5.32 Å². The Morgan fingerprint density at radius 3 is 2.65 bits per heavy atom. The monoisotopic (exact) mass is 275 g/mol. The first-order chi connectivity index (χ1) is 9.35. The highest BCUT2D eigenvalue weighted by Gasteiger charge is 2.18. The van der Waals surface area contributed by atoms with Crippen LogP contribution in [0.4, 0.5) is 16.5 Å². The lowest BCUT2D eigenvalue weighted by Gasteiger charge is -2.20. The lowest BCUT2D eigenvalue weighted by molar-refractivity contribution is 0.0636. The van der Waals surface area contributed by atoms with Gasteiger partial charge in [0.15, 0.2) is 5.76 Å². The molecule has 0 aliphatic carbocycles. The molecule has 0 unspecified atom stereocenters. The topological polar surface area (TPSA) is 90.4 Å². The fraction of sp³-hybridized carbons (Fsp3) is 0.286. The summed E-state index contributed by atoms with van der Waals surface area (Å²) >= 11 is 0. The summed E-state index contributed by atoms with van der Waals surface area (Å²) in [7, 11) is 0. The highest BCUT2D eigenvalue weighted by atomic mass is 16.6. The Labute approximate surface area is 116 Å². The van der Waals surface area contributed by atoms with E-state index in [1.165, 1.54) is 6.20 Å². The third-order valence-corrected chi connectivity index (χ3v) is 2.35.